The summed E-state index contributed by atoms with van der Waals surface area (Å²) < 4.78 is 0. The van der Waals surface area contributed by atoms with Crippen molar-refractivity contribution in [3.05, 3.63) is 47.0 Å². The third-order valence-corrected chi connectivity index (χ3v) is 5.52. The summed E-state index contributed by atoms with van der Waals surface area (Å²) in [7, 11) is 0. The molecule has 0 bridgehead atoms. The molecule has 0 radical (unpaired) electrons. The highest BCUT2D eigenvalue weighted by atomic mass is 16.3. The van der Waals surface area contributed by atoms with Crippen molar-refractivity contribution in [2.45, 2.75) is 33.6 Å². The minimum absolute atomic E-state index is 0.145. The number of aliphatic hydroxyl groups excluding tert-OH is 4. The summed E-state index contributed by atoms with van der Waals surface area (Å²) in [4.78, 5) is 0. The molecule has 0 aromatic rings. The first-order valence-electron chi connectivity index (χ1n) is 7.68. The van der Waals surface area contributed by atoms with Crippen LogP contribution in [0.25, 0.3) is 0 Å². The van der Waals surface area contributed by atoms with E-state index in [-0.39, 0.29) is 41.5 Å². The molecule has 22 heavy (non-hydrogen) atoms. The molecular formula is C18H26O4. The van der Waals surface area contributed by atoms with Gasteiger partial charge >= 0.3 is 0 Å². The molecule has 0 aromatic heterocycles. The quantitative estimate of drug-likeness (QED) is 0.643. The molecule has 0 aliphatic heterocycles. The summed E-state index contributed by atoms with van der Waals surface area (Å²) in [5.41, 5.74) is 0.885. The molecule has 0 saturated heterocycles. The molecular weight excluding hydrogens is 280 g/mol. The number of hydrogen-bond donors (Lipinski definition) is 4. The molecule has 2 atom stereocenters. The van der Waals surface area contributed by atoms with E-state index in [2.05, 4.69) is 20.8 Å². The Morgan fingerprint density at radius 2 is 1.27 bits per heavy atom. The topological polar surface area (TPSA) is 80.9 Å². The number of hydrogen-bond acceptors (Lipinski definition) is 4. The van der Waals surface area contributed by atoms with Gasteiger partial charge in [-0.1, -0.05) is 32.9 Å². The van der Waals surface area contributed by atoms with Crippen LogP contribution in [0.15, 0.2) is 47.0 Å². The van der Waals surface area contributed by atoms with E-state index in [0.29, 0.717) is 24.0 Å². The molecule has 0 heterocycles. The van der Waals surface area contributed by atoms with Gasteiger partial charge in [0.2, 0.25) is 0 Å². The van der Waals surface area contributed by atoms with Crippen LogP contribution < -0.4 is 0 Å². The fourth-order valence-corrected chi connectivity index (χ4v) is 3.61. The first-order chi connectivity index (χ1) is 10.3. The Morgan fingerprint density at radius 1 is 0.909 bits per heavy atom. The maximum atomic E-state index is 9.82. The largest absolute Gasteiger partial charge is 0.508 e. The minimum atomic E-state index is -0.211. The lowest BCUT2D eigenvalue weighted by molar-refractivity contribution is 0.121. The molecule has 2 rings (SSSR count). The van der Waals surface area contributed by atoms with Crippen LogP contribution in [0.2, 0.25) is 0 Å². The smallest absolute Gasteiger partial charge is 0.116 e. The van der Waals surface area contributed by atoms with Crippen LogP contribution in [-0.4, -0.2) is 33.6 Å². The van der Waals surface area contributed by atoms with Gasteiger partial charge in [-0.2, -0.15) is 0 Å². The van der Waals surface area contributed by atoms with Crippen LogP contribution >= 0.6 is 0 Å². The summed E-state index contributed by atoms with van der Waals surface area (Å²) in [6, 6.07) is 0. The van der Waals surface area contributed by atoms with Crippen LogP contribution in [-0.2, 0) is 0 Å². The van der Waals surface area contributed by atoms with Crippen molar-refractivity contribution in [3.8, 4) is 0 Å². The first kappa shape index (κ1) is 16.8. The zero-order valence-electron chi connectivity index (χ0n) is 13.5. The number of allylic oxidation sites excluding steroid dienone is 4. The fourth-order valence-electron chi connectivity index (χ4n) is 3.61. The summed E-state index contributed by atoms with van der Waals surface area (Å²) in [5.74, 6) is 0.506. The Morgan fingerprint density at radius 3 is 1.59 bits per heavy atom. The van der Waals surface area contributed by atoms with Gasteiger partial charge < -0.3 is 20.4 Å². The summed E-state index contributed by atoms with van der Waals surface area (Å²) in [6.45, 7) is 6.09. The normalized spacial score (nSPS) is 33.5. The molecule has 0 aromatic carbocycles. The second-order valence-electron chi connectivity index (χ2n) is 7.05. The Bertz CT molecular complexity index is 520. The molecule has 0 amide bonds. The van der Waals surface area contributed by atoms with Gasteiger partial charge in [0.1, 0.15) is 11.5 Å². The van der Waals surface area contributed by atoms with Gasteiger partial charge in [0.25, 0.3) is 0 Å². The van der Waals surface area contributed by atoms with Crippen LogP contribution in [0.3, 0.4) is 0 Å². The van der Waals surface area contributed by atoms with Crippen molar-refractivity contribution in [1.82, 2.24) is 0 Å². The van der Waals surface area contributed by atoms with Crippen LogP contribution in [0.4, 0.5) is 0 Å². The average Bonchev–Trinajstić information content (AvgIpc) is 2.51. The van der Waals surface area contributed by atoms with E-state index in [1.54, 1.807) is 12.2 Å². The third kappa shape index (κ3) is 2.85. The molecule has 2 aliphatic carbocycles. The van der Waals surface area contributed by atoms with E-state index in [0.717, 1.165) is 0 Å². The maximum absolute atomic E-state index is 9.82. The van der Waals surface area contributed by atoms with E-state index >= 15 is 0 Å². The Balaban J connectivity index is 2.27. The zero-order chi connectivity index (χ0) is 16.5. The van der Waals surface area contributed by atoms with Crippen molar-refractivity contribution in [1.29, 1.82) is 0 Å². The molecule has 4 heteroatoms. The van der Waals surface area contributed by atoms with Gasteiger partial charge in [-0.25, -0.2) is 0 Å². The van der Waals surface area contributed by atoms with Crippen LogP contribution in [0.5, 0.6) is 0 Å². The lowest BCUT2D eigenvalue weighted by Crippen LogP contribution is -2.39. The molecule has 2 unspecified atom stereocenters. The molecule has 4 N–H and O–H groups in total. The van der Waals surface area contributed by atoms with Gasteiger partial charge in [-0.05, 0) is 52.9 Å². The average molecular weight is 306 g/mol. The standard InChI is InChI=1S/C18H26O4/c1-12(17(2)6-4-15(21)13(8-17)10-19)18(3)7-5-16(22)14(9-18)11-20/h4-7,12,19-22H,8-11H2,1-3H3. The molecule has 2 aliphatic rings. The van der Waals surface area contributed by atoms with Gasteiger partial charge in [0, 0.05) is 0 Å². The third-order valence-electron chi connectivity index (χ3n) is 5.52. The summed E-state index contributed by atoms with van der Waals surface area (Å²) in [6.07, 6.45) is 8.54. The monoisotopic (exact) mass is 306 g/mol. The highest BCUT2D eigenvalue weighted by Gasteiger charge is 2.43. The first-order valence-corrected chi connectivity index (χ1v) is 7.68. The van der Waals surface area contributed by atoms with Crippen molar-refractivity contribution in [2.75, 3.05) is 13.2 Å². The van der Waals surface area contributed by atoms with Gasteiger partial charge in [0.15, 0.2) is 0 Å². The minimum Gasteiger partial charge on any atom is -0.508 e. The number of rotatable bonds is 4. The Kier molecular flexibility index (Phi) is 4.54. The summed E-state index contributed by atoms with van der Waals surface area (Å²) >= 11 is 0. The predicted octanol–water partition coefficient (Wildman–Crippen LogP) is 3.16. The van der Waals surface area contributed by atoms with Gasteiger partial charge in [0.05, 0.1) is 13.2 Å². The second kappa shape index (κ2) is 5.94. The van der Waals surface area contributed by atoms with E-state index in [1.165, 1.54) is 0 Å². The van der Waals surface area contributed by atoms with E-state index < -0.39 is 0 Å². The number of aliphatic hydroxyl groups is 4. The fraction of sp³-hybridized carbons (Fsp3) is 0.556. The van der Waals surface area contributed by atoms with E-state index in [4.69, 9.17) is 0 Å². The SMILES string of the molecule is CC(C1(C)C=CC(O)=C(CO)C1)C1(C)C=CC(O)=C(CO)C1. The van der Waals surface area contributed by atoms with Crippen LogP contribution in [0, 0.1) is 16.7 Å². The van der Waals surface area contributed by atoms with Crippen molar-refractivity contribution in [3.63, 3.8) is 0 Å². The Labute approximate surface area is 131 Å². The predicted molar refractivity (Wildman–Crippen MR) is 86.4 cm³/mol. The lowest BCUT2D eigenvalue weighted by Gasteiger charge is -2.46. The van der Waals surface area contributed by atoms with E-state index in [1.807, 2.05) is 12.2 Å². The van der Waals surface area contributed by atoms with E-state index in [9.17, 15) is 20.4 Å². The molecule has 0 fully saturated rings. The highest BCUT2D eigenvalue weighted by molar-refractivity contribution is 5.33. The van der Waals surface area contributed by atoms with Crippen molar-refractivity contribution in [2.24, 2.45) is 16.7 Å². The van der Waals surface area contributed by atoms with Crippen molar-refractivity contribution < 1.29 is 20.4 Å². The molecule has 0 saturated carbocycles. The molecule has 4 nitrogen and oxygen atoms in total. The maximum Gasteiger partial charge on any atom is 0.116 e. The van der Waals surface area contributed by atoms with Crippen LogP contribution in [0.1, 0.15) is 33.6 Å². The summed E-state index contributed by atoms with van der Waals surface area (Å²) in [5, 5.41) is 38.5. The zero-order valence-corrected chi connectivity index (χ0v) is 13.5. The van der Waals surface area contributed by atoms with Gasteiger partial charge in [-0.15, -0.1) is 0 Å². The Hall–Kier alpha value is -1.52. The van der Waals surface area contributed by atoms with Crippen molar-refractivity contribution >= 4 is 0 Å². The molecule has 0 spiro atoms. The molecule has 122 valence electrons. The van der Waals surface area contributed by atoms with Gasteiger partial charge in [-0.3, -0.25) is 0 Å². The highest BCUT2D eigenvalue weighted by Crippen LogP contribution is 2.51. The lowest BCUT2D eigenvalue weighted by atomic mass is 9.58. The second-order valence-corrected chi connectivity index (χ2v) is 7.05.